The summed E-state index contributed by atoms with van der Waals surface area (Å²) in [7, 11) is 2.14. The highest BCUT2D eigenvalue weighted by Gasteiger charge is 2.24. The van der Waals surface area contributed by atoms with Gasteiger partial charge in [-0.25, -0.2) is 0 Å². The molecule has 1 fully saturated rings. The first kappa shape index (κ1) is 13.1. The predicted molar refractivity (Wildman–Crippen MR) is 73.3 cm³/mol. The standard InChI is InChI=1S/C15H21N3/c1-12-5-4-6-14(13(12)2)15(11-16)18-9-7-17(3)8-10-18/h4-6,15H,7-10H2,1-3H3. The predicted octanol–water partition coefficient (Wildman–Crippen LogP) is 2.12. The highest BCUT2D eigenvalue weighted by atomic mass is 15.3. The lowest BCUT2D eigenvalue weighted by Gasteiger charge is -2.35. The molecule has 0 aliphatic carbocycles. The molecule has 1 unspecified atom stereocenters. The number of piperazine rings is 1. The summed E-state index contributed by atoms with van der Waals surface area (Å²) in [6.45, 7) is 8.26. The number of hydrogen-bond donors (Lipinski definition) is 0. The van der Waals surface area contributed by atoms with Crippen molar-refractivity contribution in [3.05, 3.63) is 34.9 Å². The van der Waals surface area contributed by atoms with E-state index in [0.29, 0.717) is 0 Å². The zero-order chi connectivity index (χ0) is 13.1. The van der Waals surface area contributed by atoms with Gasteiger partial charge in [0.15, 0.2) is 0 Å². The van der Waals surface area contributed by atoms with Crippen LogP contribution >= 0.6 is 0 Å². The summed E-state index contributed by atoms with van der Waals surface area (Å²) in [5.74, 6) is 0. The Morgan fingerprint density at radius 2 is 1.83 bits per heavy atom. The van der Waals surface area contributed by atoms with Gasteiger partial charge in [0, 0.05) is 26.2 Å². The van der Waals surface area contributed by atoms with Crippen LogP contribution in [0.4, 0.5) is 0 Å². The molecule has 1 aliphatic heterocycles. The third-order valence-corrected chi connectivity index (χ3v) is 3.97. The fourth-order valence-electron chi connectivity index (χ4n) is 2.50. The van der Waals surface area contributed by atoms with Crippen molar-refractivity contribution in [2.24, 2.45) is 0 Å². The molecule has 1 atom stereocenters. The maximum Gasteiger partial charge on any atom is 0.124 e. The quantitative estimate of drug-likeness (QED) is 0.797. The van der Waals surface area contributed by atoms with Crippen LogP contribution in [-0.4, -0.2) is 43.0 Å². The van der Waals surface area contributed by atoms with Gasteiger partial charge in [-0.05, 0) is 37.6 Å². The van der Waals surface area contributed by atoms with E-state index in [2.05, 4.69) is 55.0 Å². The fraction of sp³-hybridized carbons (Fsp3) is 0.533. The van der Waals surface area contributed by atoms with Crippen LogP contribution in [0.15, 0.2) is 18.2 Å². The van der Waals surface area contributed by atoms with Crippen LogP contribution in [0.3, 0.4) is 0 Å². The molecule has 2 rings (SSSR count). The van der Waals surface area contributed by atoms with E-state index in [1.807, 2.05) is 0 Å². The number of aryl methyl sites for hydroxylation is 1. The molecule has 1 aliphatic rings. The first-order valence-corrected chi connectivity index (χ1v) is 6.52. The molecule has 0 amide bonds. The largest absolute Gasteiger partial charge is 0.304 e. The van der Waals surface area contributed by atoms with Gasteiger partial charge in [-0.2, -0.15) is 5.26 Å². The smallest absolute Gasteiger partial charge is 0.124 e. The van der Waals surface area contributed by atoms with Gasteiger partial charge >= 0.3 is 0 Å². The Balaban J connectivity index is 2.24. The summed E-state index contributed by atoms with van der Waals surface area (Å²) in [5, 5.41) is 9.51. The highest BCUT2D eigenvalue weighted by Crippen LogP contribution is 2.25. The van der Waals surface area contributed by atoms with Crippen LogP contribution in [0.1, 0.15) is 22.7 Å². The average molecular weight is 243 g/mol. The van der Waals surface area contributed by atoms with Crippen LogP contribution in [0.5, 0.6) is 0 Å². The second-order valence-corrected chi connectivity index (χ2v) is 5.16. The van der Waals surface area contributed by atoms with Gasteiger partial charge in [-0.3, -0.25) is 4.90 Å². The molecule has 1 aromatic carbocycles. The molecular formula is C15H21N3. The summed E-state index contributed by atoms with van der Waals surface area (Å²) in [6.07, 6.45) is 0. The van der Waals surface area contributed by atoms with Crippen LogP contribution in [0.2, 0.25) is 0 Å². The van der Waals surface area contributed by atoms with E-state index < -0.39 is 0 Å². The first-order valence-electron chi connectivity index (χ1n) is 6.52. The number of rotatable bonds is 2. The summed E-state index contributed by atoms with van der Waals surface area (Å²) in [6, 6.07) is 8.63. The topological polar surface area (TPSA) is 30.3 Å². The number of hydrogen-bond acceptors (Lipinski definition) is 3. The molecule has 0 N–H and O–H groups in total. The van der Waals surface area contributed by atoms with Gasteiger partial charge < -0.3 is 4.90 Å². The first-order chi connectivity index (χ1) is 8.63. The monoisotopic (exact) mass is 243 g/mol. The summed E-state index contributed by atoms with van der Waals surface area (Å²) < 4.78 is 0. The molecule has 18 heavy (non-hydrogen) atoms. The Labute approximate surface area is 110 Å². The lowest BCUT2D eigenvalue weighted by atomic mass is 9.97. The SMILES string of the molecule is Cc1cccc(C(C#N)N2CCN(C)CC2)c1C. The molecule has 0 bridgehead atoms. The van der Waals surface area contributed by atoms with Crippen molar-refractivity contribution < 1.29 is 0 Å². The second-order valence-electron chi connectivity index (χ2n) is 5.16. The third kappa shape index (κ3) is 2.55. The van der Waals surface area contributed by atoms with Crippen molar-refractivity contribution in [2.45, 2.75) is 19.9 Å². The van der Waals surface area contributed by atoms with Crippen molar-refractivity contribution in [3.8, 4) is 6.07 Å². The van der Waals surface area contributed by atoms with Crippen LogP contribution < -0.4 is 0 Å². The van der Waals surface area contributed by atoms with Crippen molar-refractivity contribution in [2.75, 3.05) is 33.2 Å². The number of nitrogens with zero attached hydrogens (tertiary/aromatic N) is 3. The average Bonchev–Trinajstić information content (AvgIpc) is 2.37. The molecular weight excluding hydrogens is 222 g/mol. The van der Waals surface area contributed by atoms with E-state index in [1.54, 1.807) is 0 Å². The molecule has 1 heterocycles. The van der Waals surface area contributed by atoms with Gasteiger partial charge in [-0.15, -0.1) is 0 Å². The van der Waals surface area contributed by atoms with Gasteiger partial charge in [0.05, 0.1) is 6.07 Å². The minimum Gasteiger partial charge on any atom is -0.304 e. The molecule has 3 heteroatoms. The zero-order valence-electron chi connectivity index (χ0n) is 11.5. The number of likely N-dealkylation sites (N-methyl/N-ethyl adjacent to an activating group) is 1. The minimum absolute atomic E-state index is 0.0985. The molecule has 0 aromatic heterocycles. The van der Waals surface area contributed by atoms with E-state index >= 15 is 0 Å². The number of nitriles is 1. The summed E-state index contributed by atoms with van der Waals surface area (Å²) in [5.41, 5.74) is 3.69. The van der Waals surface area contributed by atoms with Crippen LogP contribution in [-0.2, 0) is 0 Å². The van der Waals surface area contributed by atoms with E-state index in [1.165, 1.54) is 16.7 Å². The van der Waals surface area contributed by atoms with Crippen LogP contribution in [0.25, 0.3) is 0 Å². The lowest BCUT2D eigenvalue weighted by Crippen LogP contribution is -2.45. The molecule has 0 saturated carbocycles. The molecule has 96 valence electrons. The molecule has 0 spiro atoms. The fourth-order valence-corrected chi connectivity index (χ4v) is 2.50. The Morgan fingerprint density at radius 3 is 2.44 bits per heavy atom. The molecule has 0 radical (unpaired) electrons. The van der Waals surface area contributed by atoms with Gasteiger partial charge in [-0.1, -0.05) is 18.2 Å². The maximum atomic E-state index is 9.51. The van der Waals surface area contributed by atoms with Crippen molar-refractivity contribution in [1.29, 1.82) is 5.26 Å². The summed E-state index contributed by atoms with van der Waals surface area (Å²) in [4.78, 5) is 4.61. The molecule has 3 nitrogen and oxygen atoms in total. The number of benzene rings is 1. The van der Waals surface area contributed by atoms with Crippen molar-refractivity contribution in [1.82, 2.24) is 9.80 Å². The zero-order valence-corrected chi connectivity index (χ0v) is 11.5. The van der Waals surface area contributed by atoms with Gasteiger partial charge in [0.2, 0.25) is 0 Å². The highest BCUT2D eigenvalue weighted by molar-refractivity contribution is 5.37. The van der Waals surface area contributed by atoms with E-state index in [0.717, 1.165) is 26.2 Å². The molecule has 1 aromatic rings. The van der Waals surface area contributed by atoms with Crippen molar-refractivity contribution >= 4 is 0 Å². The third-order valence-electron chi connectivity index (χ3n) is 3.97. The Bertz CT molecular complexity index is 453. The van der Waals surface area contributed by atoms with E-state index in [9.17, 15) is 5.26 Å². The summed E-state index contributed by atoms with van der Waals surface area (Å²) >= 11 is 0. The van der Waals surface area contributed by atoms with Crippen molar-refractivity contribution in [3.63, 3.8) is 0 Å². The lowest BCUT2D eigenvalue weighted by molar-refractivity contribution is 0.132. The van der Waals surface area contributed by atoms with Gasteiger partial charge in [0.25, 0.3) is 0 Å². The minimum atomic E-state index is -0.0985. The Kier molecular flexibility index (Phi) is 4.00. The van der Waals surface area contributed by atoms with Crippen LogP contribution in [0, 0.1) is 25.2 Å². The van der Waals surface area contributed by atoms with E-state index in [4.69, 9.17) is 0 Å². The van der Waals surface area contributed by atoms with Gasteiger partial charge in [0.1, 0.15) is 6.04 Å². The normalized spacial score (nSPS) is 19.4. The second kappa shape index (κ2) is 5.51. The Morgan fingerprint density at radius 1 is 1.17 bits per heavy atom. The van der Waals surface area contributed by atoms with E-state index in [-0.39, 0.29) is 6.04 Å². The maximum absolute atomic E-state index is 9.51. The molecule has 1 saturated heterocycles. The Hall–Kier alpha value is -1.37.